The number of hydrogen-bond acceptors (Lipinski definition) is 6. The summed E-state index contributed by atoms with van der Waals surface area (Å²) in [5.41, 5.74) is 6.23. The molecule has 2 aromatic rings. The lowest BCUT2D eigenvalue weighted by Gasteiger charge is -2.40. The van der Waals surface area contributed by atoms with E-state index in [1.165, 1.54) is 0 Å². The van der Waals surface area contributed by atoms with Crippen LogP contribution >= 0.6 is 24.8 Å². The van der Waals surface area contributed by atoms with Gasteiger partial charge in [0.2, 0.25) is 5.91 Å². The summed E-state index contributed by atoms with van der Waals surface area (Å²) >= 11 is 0. The van der Waals surface area contributed by atoms with E-state index in [9.17, 15) is 4.79 Å². The van der Waals surface area contributed by atoms with Gasteiger partial charge in [-0.15, -0.1) is 40.1 Å². The number of piperazine rings is 1. The number of carbonyl (C=O) groups excluding carboxylic acids is 1. The quantitative estimate of drug-likeness (QED) is 0.810. The minimum absolute atomic E-state index is 0. The number of rotatable bonds is 5. The van der Waals surface area contributed by atoms with E-state index in [0.29, 0.717) is 19.6 Å². The van der Waals surface area contributed by atoms with Gasteiger partial charge in [-0.2, -0.15) is 4.52 Å². The average molecular weight is 404 g/mol. The number of anilines is 1. The van der Waals surface area contributed by atoms with Crippen molar-refractivity contribution in [3.05, 3.63) is 18.5 Å². The van der Waals surface area contributed by atoms with Crippen LogP contribution in [0.1, 0.15) is 26.7 Å². The van der Waals surface area contributed by atoms with E-state index in [2.05, 4.69) is 20.2 Å². The molecular formula is C16H27Cl2N7O. The van der Waals surface area contributed by atoms with Crippen molar-refractivity contribution in [1.82, 2.24) is 24.7 Å². The Morgan fingerprint density at radius 3 is 2.38 bits per heavy atom. The van der Waals surface area contributed by atoms with Gasteiger partial charge in [0, 0.05) is 32.7 Å². The predicted octanol–water partition coefficient (Wildman–Crippen LogP) is 1.38. The Morgan fingerprint density at radius 1 is 1.15 bits per heavy atom. The van der Waals surface area contributed by atoms with Crippen LogP contribution in [-0.4, -0.2) is 63.3 Å². The summed E-state index contributed by atoms with van der Waals surface area (Å²) in [6.45, 7) is 7.42. The van der Waals surface area contributed by atoms with E-state index in [1.54, 1.807) is 10.8 Å². The van der Waals surface area contributed by atoms with Gasteiger partial charge in [-0.1, -0.05) is 13.8 Å². The number of aromatic nitrogens is 4. The molecule has 146 valence electrons. The topological polar surface area (TPSA) is 92.7 Å². The van der Waals surface area contributed by atoms with Crippen molar-refractivity contribution in [2.24, 2.45) is 11.1 Å². The molecule has 0 atom stereocenters. The number of hydrogen-bond donors (Lipinski definition) is 1. The first-order chi connectivity index (χ1) is 11.6. The molecule has 0 saturated carbocycles. The van der Waals surface area contributed by atoms with Crippen molar-refractivity contribution in [1.29, 1.82) is 0 Å². The van der Waals surface area contributed by atoms with Crippen molar-refractivity contribution in [2.75, 3.05) is 37.6 Å². The molecule has 1 fully saturated rings. The lowest BCUT2D eigenvalue weighted by Crippen LogP contribution is -2.55. The monoisotopic (exact) mass is 403 g/mol. The Morgan fingerprint density at radius 2 is 1.81 bits per heavy atom. The highest BCUT2D eigenvalue weighted by Crippen LogP contribution is 2.28. The molecule has 10 heteroatoms. The van der Waals surface area contributed by atoms with Crippen molar-refractivity contribution in [3.63, 3.8) is 0 Å². The first-order valence-corrected chi connectivity index (χ1v) is 8.55. The molecule has 0 spiro atoms. The largest absolute Gasteiger partial charge is 0.352 e. The van der Waals surface area contributed by atoms with Gasteiger partial charge in [-0.05, 0) is 25.0 Å². The maximum absolute atomic E-state index is 12.9. The lowest BCUT2D eigenvalue weighted by atomic mass is 9.81. The average Bonchev–Trinajstić information content (AvgIpc) is 3.11. The van der Waals surface area contributed by atoms with E-state index in [1.807, 2.05) is 30.9 Å². The standard InChI is InChI=1S/C16H25N7O.2ClH/c1-3-16(4-2,11-17)15(24)22-9-7-21(8-10-22)14-6-5-13-19-18-12-23(13)20-14;;/h5-6,12H,3-4,7-11,17H2,1-2H3;2*1H. The summed E-state index contributed by atoms with van der Waals surface area (Å²) in [7, 11) is 0. The molecule has 3 heterocycles. The molecule has 0 aromatic carbocycles. The van der Waals surface area contributed by atoms with Crippen molar-refractivity contribution in [2.45, 2.75) is 26.7 Å². The molecule has 3 rings (SSSR count). The van der Waals surface area contributed by atoms with Crippen LogP contribution in [-0.2, 0) is 4.79 Å². The third-order valence-electron chi connectivity index (χ3n) is 5.24. The second-order valence-electron chi connectivity index (χ2n) is 6.30. The third kappa shape index (κ3) is 4.02. The molecular weight excluding hydrogens is 377 g/mol. The van der Waals surface area contributed by atoms with E-state index in [4.69, 9.17) is 5.73 Å². The van der Waals surface area contributed by atoms with Crippen LogP contribution in [0.25, 0.3) is 5.65 Å². The molecule has 1 amide bonds. The first kappa shape index (κ1) is 22.4. The second-order valence-corrected chi connectivity index (χ2v) is 6.30. The first-order valence-electron chi connectivity index (χ1n) is 8.55. The Kier molecular flexibility index (Phi) is 8.05. The molecule has 2 N–H and O–H groups in total. The van der Waals surface area contributed by atoms with Gasteiger partial charge < -0.3 is 15.5 Å². The molecule has 26 heavy (non-hydrogen) atoms. The van der Waals surface area contributed by atoms with Crippen molar-refractivity contribution in [3.8, 4) is 0 Å². The number of halogens is 2. The smallest absolute Gasteiger partial charge is 0.230 e. The van der Waals surface area contributed by atoms with Gasteiger partial charge in [-0.3, -0.25) is 4.79 Å². The fraction of sp³-hybridized carbons (Fsp3) is 0.625. The highest BCUT2D eigenvalue weighted by Gasteiger charge is 2.37. The van der Waals surface area contributed by atoms with Crippen LogP contribution in [0.2, 0.25) is 0 Å². The zero-order chi connectivity index (χ0) is 17.2. The summed E-state index contributed by atoms with van der Waals surface area (Å²) in [5.74, 6) is 1.07. The van der Waals surface area contributed by atoms with Crippen LogP contribution in [0, 0.1) is 5.41 Å². The Labute approximate surface area is 165 Å². The summed E-state index contributed by atoms with van der Waals surface area (Å²) in [6, 6.07) is 3.85. The molecule has 0 unspecified atom stereocenters. The van der Waals surface area contributed by atoms with Gasteiger partial charge >= 0.3 is 0 Å². The molecule has 2 aromatic heterocycles. The molecule has 1 saturated heterocycles. The molecule has 1 aliphatic rings. The van der Waals surface area contributed by atoms with Crippen LogP contribution in [0.3, 0.4) is 0 Å². The van der Waals surface area contributed by atoms with E-state index in [-0.39, 0.29) is 30.7 Å². The van der Waals surface area contributed by atoms with Crippen molar-refractivity contribution < 1.29 is 4.79 Å². The van der Waals surface area contributed by atoms with Gasteiger partial charge in [0.1, 0.15) is 12.1 Å². The van der Waals surface area contributed by atoms with Crippen LogP contribution in [0.4, 0.5) is 5.82 Å². The van der Waals surface area contributed by atoms with E-state index in [0.717, 1.165) is 37.4 Å². The molecule has 0 aliphatic carbocycles. The summed E-state index contributed by atoms with van der Waals surface area (Å²) < 4.78 is 1.67. The van der Waals surface area contributed by atoms with Crippen molar-refractivity contribution >= 4 is 42.2 Å². The fourth-order valence-electron chi connectivity index (χ4n) is 3.29. The van der Waals surface area contributed by atoms with Crippen LogP contribution < -0.4 is 10.6 Å². The Balaban J connectivity index is 0.00000169. The minimum Gasteiger partial charge on any atom is -0.352 e. The third-order valence-corrected chi connectivity index (χ3v) is 5.24. The highest BCUT2D eigenvalue weighted by atomic mass is 35.5. The van der Waals surface area contributed by atoms with Crippen LogP contribution in [0.5, 0.6) is 0 Å². The molecule has 0 radical (unpaired) electrons. The molecule has 8 nitrogen and oxygen atoms in total. The fourth-order valence-corrected chi connectivity index (χ4v) is 3.29. The predicted molar refractivity (Wildman–Crippen MR) is 106 cm³/mol. The Bertz CT molecular complexity index is 703. The number of nitrogens with zero attached hydrogens (tertiary/aromatic N) is 6. The van der Waals surface area contributed by atoms with E-state index >= 15 is 0 Å². The van der Waals surface area contributed by atoms with Gasteiger partial charge in [0.15, 0.2) is 5.65 Å². The zero-order valence-corrected chi connectivity index (χ0v) is 16.8. The summed E-state index contributed by atoms with van der Waals surface area (Å²) in [5, 5.41) is 12.3. The molecule has 0 bridgehead atoms. The summed E-state index contributed by atoms with van der Waals surface area (Å²) in [4.78, 5) is 17.0. The van der Waals surface area contributed by atoms with Crippen LogP contribution in [0.15, 0.2) is 18.5 Å². The normalized spacial score (nSPS) is 14.7. The number of nitrogens with two attached hydrogens (primary N) is 1. The van der Waals surface area contributed by atoms with Gasteiger partial charge in [-0.25, -0.2) is 0 Å². The summed E-state index contributed by atoms with van der Waals surface area (Å²) in [6.07, 6.45) is 3.16. The highest BCUT2D eigenvalue weighted by molar-refractivity contribution is 5.85. The second kappa shape index (κ2) is 9.34. The number of amides is 1. The Hall–Kier alpha value is -1.64. The van der Waals surface area contributed by atoms with Gasteiger partial charge in [0.25, 0.3) is 0 Å². The minimum atomic E-state index is -0.415. The maximum atomic E-state index is 12.9. The maximum Gasteiger partial charge on any atom is 0.230 e. The van der Waals surface area contributed by atoms with Gasteiger partial charge in [0.05, 0.1) is 5.41 Å². The lowest BCUT2D eigenvalue weighted by molar-refractivity contribution is -0.142. The number of fused-ring (bicyclic) bond motifs is 1. The number of carbonyl (C=O) groups is 1. The van der Waals surface area contributed by atoms with E-state index < -0.39 is 5.41 Å². The zero-order valence-electron chi connectivity index (χ0n) is 15.2. The molecule has 1 aliphatic heterocycles. The SMILES string of the molecule is CCC(CC)(CN)C(=O)N1CCN(c2ccc3nncn3n2)CC1.Cl.Cl.